The van der Waals surface area contributed by atoms with Crippen molar-refractivity contribution in [2.75, 3.05) is 11.4 Å². The molecule has 6 rings (SSSR count). The zero-order chi connectivity index (χ0) is 23.8. The second-order valence-electron chi connectivity index (χ2n) is 8.98. The highest BCUT2D eigenvalue weighted by molar-refractivity contribution is 6.00. The van der Waals surface area contributed by atoms with E-state index in [1.54, 1.807) is 16.1 Å². The fourth-order valence-electron chi connectivity index (χ4n) is 4.83. The molecule has 7 heteroatoms. The first-order chi connectivity index (χ1) is 17.2. The van der Waals surface area contributed by atoms with E-state index in [4.69, 9.17) is 4.42 Å². The molecule has 35 heavy (non-hydrogen) atoms. The van der Waals surface area contributed by atoms with E-state index < -0.39 is 6.04 Å². The van der Waals surface area contributed by atoms with Gasteiger partial charge in [-0.25, -0.2) is 4.79 Å². The van der Waals surface area contributed by atoms with Crippen molar-refractivity contribution >= 4 is 17.6 Å². The highest BCUT2D eigenvalue weighted by Gasteiger charge is 2.40. The van der Waals surface area contributed by atoms with E-state index >= 15 is 0 Å². The first kappa shape index (κ1) is 21.3. The van der Waals surface area contributed by atoms with Crippen molar-refractivity contribution in [1.29, 1.82) is 0 Å². The Morgan fingerprint density at radius 3 is 2.43 bits per heavy atom. The van der Waals surface area contributed by atoms with Gasteiger partial charge >= 0.3 is 6.03 Å². The molecule has 0 radical (unpaired) electrons. The Kier molecular flexibility index (Phi) is 5.37. The van der Waals surface area contributed by atoms with Gasteiger partial charge in [0.1, 0.15) is 18.3 Å². The van der Waals surface area contributed by atoms with Crippen LogP contribution in [0, 0.1) is 0 Å². The normalized spacial score (nSPS) is 16.3. The van der Waals surface area contributed by atoms with Gasteiger partial charge in [-0.15, -0.1) is 0 Å². The maximum absolute atomic E-state index is 14.0. The summed E-state index contributed by atoms with van der Waals surface area (Å²) in [5.41, 5.74) is 3.68. The Labute approximate surface area is 203 Å². The number of anilines is 1. The number of carbonyl (C=O) groups excluding carboxylic acids is 2. The smallest absolute Gasteiger partial charge is 0.318 e. The number of nitrogens with zero attached hydrogens (tertiary/aromatic N) is 3. The molecule has 0 spiro atoms. The topological polar surface area (TPSA) is 70.7 Å². The van der Waals surface area contributed by atoms with Crippen LogP contribution < -0.4 is 10.2 Å². The molecule has 0 bridgehead atoms. The van der Waals surface area contributed by atoms with E-state index in [0.29, 0.717) is 12.3 Å². The van der Waals surface area contributed by atoms with Gasteiger partial charge in [0.25, 0.3) is 0 Å². The van der Waals surface area contributed by atoms with Crippen molar-refractivity contribution < 1.29 is 14.0 Å². The second-order valence-corrected chi connectivity index (χ2v) is 8.98. The van der Waals surface area contributed by atoms with E-state index in [2.05, 4.69) is 9.88 Å². The number of para-hydroxylation sites is 2. The van der Waals surface area contributed by atoms with Crippen LogP contribution in [-0.2, 0) is 11.3 Å². The standard InChI is InChI=1S/C28H26N4O3/c33-26(19-31(21-14-15-21)28(34)29-18-20-8-2-1-3-9-20)32-23-11-5-4-10-22(23)30-16-6-12-24(30)27(32)25-13-7-17-35-25/h1-13,16-17,21,27H,14-15,18-19H2,(H,29,34). The maximum Gasteiger partial charge on any atom is 0.318 e. The van der Waals surface area contributed by atoms with Crippen LogP contribution in [0.5, 0.6) is 0 Å². The highest BCUT2D eigenvalue weighted by Crippen LogP contribution is 2.42. The van der Waals surface area contributed by atoms with E-state index in [-0.39, 0.29) is 24.5 Å². The molecule has 1 fully saturated rings. The quantitative estimate of drug-likeness (QED) is 0.440. The molecule has 3 heterocycles. The van der Waals surface area contributed by atoms with Crippen LogP contribution in [0.25, 0.3) is 5.69 Å². The zero-order valence-electron chi connectivity index (χ0n) is 19.2. The minimum atomic E-state index is -0.421. The molecule has 7 nitrogen and oxygen atoms in total. The SMILES string of the molecule is O=C(NCc1ccccc1)N(CC(=O)N1c2ccccc2-n2cccc2C1c1ccco1)C1CC1. The third-order valence-electron chi connectivity index (χ3n) is 6.64. The number of hydrogen-bond donors (Lipinski definition) is 1. The average molecular weight is 467 g/mol. The third-order valence-corrected chi connectivity index (χ3v) is 6.64. The van der Waals surface area contributed by atoms with Crippen LogP contribution in [-0.4, -0.2) is 34.0 Å². The van der Waals surface area contributed by atoms with Crippen LogP contribution in [0.2, 0.25) is 0 Å². The molecule has 1 unspecified atom stereocenters. The lowest BCUT2D eigenvalue weighted by atomic mass is 10.0. The molecule has 2 aromatic carbocycles. The summed E-state index contributed by atoms with van der Waals surface area (Å²) in [5.74, 6) is 0.535. The summed E-state index contributed by atoms with van der Waals surface area (Å²) >= 11 is 0. The summed E-state index contributed by atoms with van der Waals surface area (Å²) in [4.78, 5) is 30.6. The van der Waals surface area contributed by atoms with Gasteiger partial charge < -0.3 is 19.2 Å². The van der Waals surface area contributed by atoms with Crippen molar-refractivity contribution in [3.05, 3.63) is 108 Å². The van der Waals surface area contributed by atoms with Gasteiger partial charge in [0.15, 0.2) is 0 Å². The summed E-state index contributed by atoms with van der Waals surface area (Å²) in [6.07, 6.45) is 5.44. The first-order valence-electron chi connectivity index (χ1n) is 11.9. The lowest BCUT2D eigenvalue weighted by molar-refractivity contribution is -0.119. The highest BCUT2D eigenvalue weighted by atomic mass is 16.3. The lowest BCUT2D eigenvalue weighted by Crippen LogP contribution is -2.49. The monoisotopic (exact) mass is 466 g/mol. The average Bonchev–Trinajstić information content (AvgIpc) is 3.36. The number of carbonyl (C=O) groups is 2. The Morgan fingerprint density at radius 2 is 1.69 bits per heavy atom. The number of furan rings is 1. The van der Waals surface area contributed by atoms with Crippen LogP contribution in [0.4, 0.5) is 10.5 Å². The Hall–Kier alpha value is -4.26. The van der Waals surface area contributed by atoms with Crippen molar-refractivity contribution in [1.82, 2.24) is 14.8 Å². The van der Waals surface area contributed by atoms with E-state index in [1.807, 2.05) is 85.1 Å². The molecular formula is C28H26N4O3. The van der Waals surface area contributed by atoms with Gasteiger partial charge in [0.05, 0.1) is 23.3 Å². The Bertz CT molecular complexity index is 1340. The molecule has 4 aromatic rings. The number of hydrogen-bond acceptors (Lipinski definition) is 3. The van der Waals surface area contributed by atoms with E-state index in [0.717, 1.165) is 35.5 Å². The maximum atomic E-state index is 14.0. The van der Waals surface area contributed by atoms with Crippen LogP contribution in [0.15, 0.2) is 95.7 Å². The summed E-state index contributed by atoms with van der Waals surface area (Å²) in [6, 6.07) is 24.8. The molecule has 1 atom stereocenters. The van der Waals surface area contributed by atoms with Crippen molar-refractivity contribution in [3.8, 4) is 5.69 Å². The number of fused-ring (bicyclic) bond motifs is 3. The zero-order valence-corrected chi connectivity index (χ0v) is 19.2. The van der Waals surface area contributed by atoms with Crippen LogP contribution in [0.1, 0.15) is 35.9 Å². The molecule has 3 amide bonds. The van der Waals surface area contributed by atoms with Gasteiger partial charge in [-0.3, -0.25) is 9.69 Å². The molecule has 176 valence electrons. The molecule has 1 N–H and O–H groups in total. The van der Waals surface area contributed by atoms with Crippen molar-refractivity contribution in [2.45, 2.75) is 31.5 Å². The number of aromatic nitrogens is 1. The van der Waals surface area contributed by atoms with Gasteiger partial charge in [-0.05, 0) is 54.8 Å². The lowest BCUT2D eigenvalue weighted by Gasteiger charge is -2.38. The summed E-state index contributed by atoms with van der Waals surface area (Å²) in [7, 11) is 0. The van der Waals surface area contributed by atoms with E-state index in [1.165, 1.54) is 0 Å². The van der Waals surface area contributed by atoms with Crippen LogP contribution in [0.3, 0.4) is 0 Å². The summed E-state index contributed by atoms with van der Waals surface area (Å²) < 4.78 is 7.89. The second kappa shape index (κ2) is 8.83. The number of benzene rings is 2. The largest absolute Gasteiger partial charge is 0.467 e. The van der Waals surface area contributed by atoms with Gasteiger partial charge in [0.2, 0.25) is 5.91 Å². The van der Waals surface area contributed by atoms with Crippen molar-refractivity contribution in [3.63, 3.8) is 0 Å². The number of rotatable bonds is 6. The molecular weight excluding hydrogens is 440 g/mol. The van der Waals surface area contributed by atoms with E-state index in [9.17, 15) is 9.59 Å². The molecule has 2 aliphatic rings. The minimum absolute atomic E-state index is 0.00244. The number of amides is 3. The Balaban J connectivity index is 1.30. The minimum Gasteiger partial charge on any atom is -0.467 e. The molecule has 2 aromatic heterocycles. The fraction of sp³-hybridized carbons (Fsp3) is 0.214. The predicted molar refractivity (Wildman–Crippen MR) is 132 cm³/mol. The fourth-order valence-corrected chi connectivity index (χ4v) is 4.83. The van der Waals surface area contributed by atoms with Gasteiger partial charge in [-0.1, -0.05) is 42.5 Å². The predicted octanol–water partition coefficient (Wildman–Crippen LogP) is 4.88. The first-order valence-corrected chi connectivity index (χ1v) is 11.9. The van der Waals surface area contributed by atoms with Crippen molar-refractivity contribution in [2.24, 2.45) is 0 Å². The summed E-state index contributed by atoms with van der Waals surface area (Å²) in [6.45, 7) is 0.420. The Morgan fingerprint density at radius 1 is 0.914 bits per heavy atom. The van der Waals surface area contributed by atoms with Gasteiger partial charge in [0, 0.05) is 18.8 Å². The molecule has 1 aliphatic heterocycles. The third kappa shape index (κ3) is 3.99. The van der Waals surface area contributed by atoms with Gasteiger partial charge in [-0.2, -0.15) is 0 Å². The molecule has 0 saturated heterocycles. The molecule has 1 saturated carbocycles. The molecule has 1 aliphatic carbocycles. The number of urea groups is 1. The summed E-state index contributed by atoms with van der Waals surface area (Å²) in [5, 5.41) is 2.99. The number of nitrogens with one attached hydrogen (secondary N) is 1. The van der Waals surface area contributed by atoms with Crippen LogP contribution >= 0.6 is 0 Å².